The number of carbonyl (C=O) groups is 2. The van der Waals surface area contributed by atoms with E-state index in [9.17, 15) is 9.59 Å². The zero-order chi connectivity index (χ0) is 14.5. The predicted octanol–water partition coefficient (Wildman–Crippen LogP) is 2.16. The van der Waals surface area contributed by atoms with Gasteiger partial charge in [0.1, 0.15) is 0 Å². The summed E-state index contributed by atoms with van der Waals surface area (Å²) in [6.07, 6.45) is 4.64. The molecule has 1 aliphatic rings. The third-order valence-electron chi connectivity index (χ3n) is 3.59. The van der Waals surface area contributed by atoms with Crippen LogP contribution in [0.5, 0.6) is 0 Å². The first-order valence-electron chi connectivity index (χ1n) is 6.93. The SMILES string of the molecule is Cc1ccc(NC(=O)CNC2CCCC2)c(C(=O)O)c1. The van der Waals surface area contributed by atoms with Crippen LogP contribution >= 0.6 is 0 Å². The molecule has 0 bridgehead atoms. The third-order valence-corrected chi connectivity index (χ3v) is 3.59. The van der Waals surface area contributed by atoms with E-state index in [0.29, 0.717) is 11.7 Å². The largest absolute Gasteiger partial charge is 0.478 e. The van der Waals surface area contributed by atoms with Gasteiger partial charge in [-0.1, -0.05) is 24.5 Å². The van der Waals surface area contributed by atoms with Gasteiger partial charge in [-0.3, -0.25) is 4.79 Å². The van der Waals surface area contributed by atoms with Gasteiger partial charge < -0.3 is 15.7 Å². The molecular formula is C15H20N2O3. The molecule has 0 radical (unpaired) electrons. The summed E-state index contributed by atoms with van der Waals surface area (Å²) in [6, 6.07) is 5.39. The Balaban J connectivity index is 1.94. The molecule has 0 aliphatic heterocycles. The van der Waals surface area contributed by atoms with Crippen LogP contribution in [-0.4, -0.2) is 29.6 Å². The molecule has 1 aromatic rings. The Labute approximate surface area is 118 Å². The third kappa shape index (κ3) is 3.81. The summed E-state index contributed by atoms with van der Waals surface area (Å²) in [6.45, 7) is 2.04. The van der Waals surface area contributed by atoms with E-state index in [4.69, 9.17) is 5.11 Å². The molecule has 0 heterocycles. The Bertz CT molecular complexity index is 508. The van der Waals surface area contributed by atoms with Crippen molar-refractivity contribution in [3.8, 4) is 0 Å². The molecule has 1 fully saturated rings. The predicted molar refractivity (Wildman–Crippen MR) is 77.0 cm³/mol. The summed E-state index contributed by atoms with van der Waals surface area (Å²) >= 11 is 0. The van der Waals surface area contributed by atoms with E-state index in [1.54, 1.807) is 18.2 Å². The maximum Gasteiger partial charge on any atom is 0.337 e. The topological polar surface area (TPSA) is 78.4 Å². The van der Waals surface area contributed by atoms with Gasteiger partial charge in [0.2, 0.25) is 5.91 Å². The minimum absolute atomic E-state index is 0.124. The van der Waals surface area contributed by atoms with Gasteiger partial charge in [0.25, 0.3) is 0 Å². The van der Waals surface area contributed by atoms with Crippen molar-refractivity contribution in [1.82, 2.24) is 5.32 Å². The van der Waals surface area contributed by atoms with Crippen LogP contribution in [-0.2, 0) is 4.79 Å². The van der Waals surface area contributed by atoms with Crippen LogP contribution in [0.2, 0.25) is 0 Å². The maximum absolute atomic E-state index is 11.9. The number of rotatable bonds is 5. The maximum atomic E-state index is 11.9. The number of amides is 1. The minimum Gasteiger partial charge on any atom is -0.478 e. The highest BCUT2D eigenvalue weighted by Crippen LogP contribution is 2.18. The van der Waals surface area contributed by atoms with Crippen molar-refractivity contribution in [2.75, 3.05) is 11.9 Å². The second-order valence-corrected chi connectivity index (χ2v) is 5.26. The molecule has 0 spiro atoms. The fourth-order valence-electron chi connectivity index (χ4n) is 2.51. The molecule has 5 nitrogen and oxygen atoms in total. The molecule has 1 aliphatic carbocycles. The normalized spacial score (nSPS) is 15.2. The molecule has 20 heavy (non-hydrogen) atoms. The van der Waals surface area contributed by atoms with Gasteiger partial charge in [0.05, 0.1) is 17.8 Å². The Morgan fingerprint density at radius 1 is 1.30 bits per heavy atom. The van der Waals surface area contributed by atoms with Crippen LogP contribution in [0.1, 0.15) is 41.6 Å². The summed E-state index contributed by atoms with van der Waals surface area (Å²) in [5.74, 6) is -1.24. The average molecular weight is 276 g/mol. The van der Waals surface area contributed by atoms with Crippen molar-refractivity contribution < 1.29 is 14.7 Å². The average Bonchev–Trinajstić information content (AvgIpc) is 2.91. The Hall–Kier alpha value is -1.88. The van der Waals surface area contributed by atoms with Gasteiger partial charge in [-0.2, -0.15) is 0 Å². The number of aryl methyl sites for hydroxylation is 1. The quantitative estimate of drug-likeness (QED) is 0.770. The number of carbonyl (C=O) groups excluding carboxylic acids is 1. The zero-order valence-corrected chi connectivity index (χ0v) is 11.6. The fourth-order valence-corrected chi connectivity index (χ4v) is 2.51. The lowest BCUT2D eigenvalue weighted by molar-refractivity contribution is -0.115. The van der Waals surface area contributed by atoms with Crippen molar-refractivity contribution in [1.29, 1.82) is 0 Å². The monoisotopic (exact) mass is 276 g/mol. The van der Waals surface area contributed by atoms with E-state index in [2.05, 4.69) is 10.6 Å². The number of hydrogen-bond donors (Lipinski definition) is 3. The second kappa shape index (κ2) is 6.52. The molecule has 3 N–H and O–H groups in total. The van der Waals surface area contributed by atoms with Gasteiger partial charge in [-0.15, -0.1) is 0 Å². The smallest absolute Gasteiger partial charge is 0.337 e. The van der Waals surface area contributed by atoms with Gasteiger partial charge in [-0.25, -0.2) is 4.79 Å². The van der Waals surface area contributed by atoms with Gasteiger partial charge in [0, 0.05) is 6.04 Å². The number of carboxylic acids is 1. The lowest BCUT2D eigenvalue weighted by atomic mass is 10.1. The van der Waals surface area contributed by atoms with E-state index >= 15 is 0 Å². The zero-order valence-electron chi connectivity index (χ0n) is 11.6. The molecular weight excluding hydrogens is 256 g/mol. The van der Waals surface area contributed by atoms with Crippen molar-refractivity contribution in [3.05, 3.63) is 29.3 Å². The number of nitrogens with one attached hydrogen (secondary N) is 2. The number of aromatic carboxylic acids is 1. The number of benzene rings is 1. The molecule has 0 atom stereocenters. The molecule has 0 saturated heterocycles. The molecule has 1 amide bonds. The van der Waals surface area contributed by atoms with E-state index in [1.807, 2.05) is 6.92 Å². The molecule has 5 heteroatoms. The standard InChI is InChI=1S/C15H20N2O3/c1-10-6-7-13(12(8-10)15(19)20)17-14(18)9-16-11-4-2-3-5-11/h6-8,11,16H,2-5,9H2,1H3,(H,17,18)(H,19,20). The fraction of sp³-hybridized carbons (Fsp3) is 0.467. The van der Waals surface area contributed by atoms with Crippen molar-refractivity contribution in [3.63, 3.8) is 0 Å². The summed E-state index contributed by atoms with van der Waals surface area (Å²) in [5, 5.41) is 15.0. The van der Waals surface area contributed by atoms with Crippen molar-refractivity contribution in [2.45, 2.75) is 38.6 Å². The Kier molecular flexibility index (Phi) is 4.74. The first-order chi connectivity index (χ1) is 9.56. The van der Waals surface area contributed by atoms with Crippen molar-refractivity contribution in [2.24, 2.45) is 0 Å². The van der Waals surface area contributed by atoms with Gasteiger partial charge in [0.15, 0.2) is 0 Å². The first kappa shape index (κ1) is 14.5. The van der Waals surface area contributed by atoms with Crippen LogP contribution < -0.4 is 10.6 Å². The molecule has 1 aromatic carbocycles. The van der Waals surface area contributed by atoms with Crippen LogP contribution in [0.15, 0.2) is 18.2 Å². The first-order valence-corrected chi connectivity index (χ1v) is 6.93. The van der Waals surface area contributed by atoms with Crippen molar-refractivity contribution >= 4 is 17.6 Å². The van der Waals surface area contributed by atoms with E-state index in [-0.39, 0.29) is 18.0 Å². The highest BCUT2D eigenvalue weighted by molar-refractivity contribution is 6.01. The van der Waals surface area contributed by atoms with Crippen LogP contribution in [0, 0.1) is 6.92 Å². The lowest BCUT2D eigenvalue weighted by Gasteiger charge is -2.13. The molecule has 108 valence electrons. The molecule has 2 rings (SSSR count). The van der Waals surface area contributed by atoms with E-state index < -0.39 is 5.97 Å². The summed E-state index contributed by atoms with van der Waals surface area (Å²) < 4.78 is 0. The Morgan fingerprint density at radius 2 is 2.00 bits per heavy atom. The van der Waals surface area contributed by atoms with Crippen LogP contribution in [0.25, 0.3) is 0 Å². The number of anilines is 1. The summed E-state index contributed by atoms with van der Waals surface area (Å²) in [7, 11) is 0. The van der Waals surface area contributed by atoms with Crippen LogP contribution in [0.4, 0.5) is 5.69 Å². The van der Waals surface area contributed by atoms with Gasteiger partial charge >= 0.3 is 5.97 Å². The number of hydrogen-bond acceptors (Lipinski definition) is 3. The van der Waals surface area contributed by atoms with E-state index in [1.165, 1.54) is 12.8 Å². The number of carboxylic acid groups (broad SMARTS) is 1. The minimum atomic E-state index is -1.03. The van der Waals surface area contributed by atoms with Gasteiger partial charge in [-0.05, 0) is 31.9 Å². The highest BCUT2D eigenvalue weighted by Gasteiger charge is 2.16. The second-order valence-electron chi connectivity index (χ2n) is 5.26. The Morgan fingerprint density at radius 3 is 2.65 bits per heavy atom. The lowest BCUT2D eigenvalue weighted by Crippen LogP contribution is -2.34. The van der Waals surface area contributed by atoms with E-state index in [0.717, 1.165) is 18.4 Å². The highest BCUT2D eigenvalue weighted by atomic mass is 16.4. The molecule has 0 aromatic heterocycles. The summed E-state index contributed by atoms with van der Waals surface area (Å²) in [4.78, 5) is 23.0. The molecule has 0 unspecified atom stereocenters. The van der Waals surface area contributed by atoms with Crippen LogP contribution in [0.3, 0.4) is 0 Å². The summed E-state index contributed by atoms with van der Waals surface area (Å²) in [5.41, 5.74) is 1.32. The molecule has 1 saturated carbocycles.